The van der Waals surface area contributed by atoms with Gasteiger partial charge in [0.05, 0.1) is 18.2 Å². The summed E-state index contributed by atoms with van der Waals surface area (Å²) in [4.78, 5) is 48.2. The maximum Gasteiger partial charge on any atom is 0.306 e. The number of alkyl halides is 1. The largest absolute Gasteiger partial charge is 0.463 e. The number of nitrogens with zero attached hydrogens (tertiary/aromatic N) is 2. The normalized spacial score (nSPS) is 19.4. The number of esters is 1. The third kappa shape index (κ3) is 5.32. The predicted molar refractivity (Wildman–Crippen MR) is 126 cm³/mol. The quantitative estimate of drug-likeness (QED) is 0.446. The third-order valence-electron chi connectivity index (χ3n) is 6.44. The standard InChI is InChI=1S/C26H31FN2O5/c1-5-17(4)33-24(32)13-19(22(30)15-27)12-23(31)26(16(2)3)14-21(29-34-26)25-20-9-7-6-8-18(20)10-11-28-25/h6-11,16-17,19H,5,12-15H2,1-4H3/t17?,19-,26+/m0/s1. The van der Waals surface area contributed by atoms with Crippen LogP contribution in [0, 0.1) is 11.8 Å². The number of ketones is 2. The molecule has 3 atom stereocenters. The summed E-state index contributed by atoms with van der Waals surface area (Å²) in [5.41, 5.74) is -0.172. The smallest absolute Gasteiger partial charge is 0.306 e. The first-order valence-corrected chi connectivity index (χ1v) is 11.6. The second-order valence-corrected chi connectivity index (χ2v) is 9.07. The first kappa shape index (κ1) is 25.5. The van der Waals surface area contributed by atoms with Crippen LogP contribution in [0.4, 0.5) is 4.39 Å². The Kier molecular flexibility index (Phi) is 8.12. The zero-order valence-corrected chi connectivity index (χ0v) is 20.0. The minimum Gasteiger partial charge on any atom is -0.463 e. The molecule has 8 heteroatoms. The van der Waals surface area contributed by atoms with Crippen molar-refractivity contribution in [1.82, 2.24) is 4.98 Å². The van der Waals surface area contributed by atoms with Crippen LogP contribution in [0.3, 0.4) is 0 Å². The SMILES string of the molecule is CCC(C)OC(=O)C[C@H](CC(=O)[C@]1(C(C)C)CC(c2nccc3ccccc23)=NO1)C(=O)CF. The minimum absolute atomic E-state index is 0.165. The first-order valence-electron chi connectivity index (χ1n) is 11.6. The van der Waals surface area contributed by atoms with Crippen molar-refractivity contribution in [2.45, 2.75) is 65.1 Å². The molecule has 7 nitrogen and oxygen atoms in total. The average molecular weight is 471 g/mol. The first-order chi connectivity index (χ1) is 16.2. The number of ether oxygens (including phenoxy) is 1. The lowest BCUT2D eigenvalue weighted by Crippen LogP contribution is -2.45. The van der Waals surface area contributed by atoms with E-state index in [1.807, 2.05) is 51.1 Å². The number of hydrogen-bond donors (Lipinski definition) is 0. The fourth-order valence-electron chi connectivity index (χ4n) is 4.07. The van der Waals surface area contributed by atoms with E-state index >= 15 is 0 Å². The molecule has 0 radical (unpaired) electrons. The van der Waals surface area contributed by atoms with E-state index in [0.717, 1.165) is 10.8 Å². The molecule has 1 aromatic carbocycles. The van der Waals surface area contributed by atoms with Crippen molar-refractivity contribution in [3.8, 4) is 0 Å². The Morgan fingerprint density at radius 3 is 2.56 bits per heavy atom. The van der Waals surface area contributed by atoms with Crippen LogP contribution < -0.4 is 0 Å². The summed E-state index contributed by atoms with van der Waals surface area (Å²) in [5.74, 6) is -3.23. The Morgan fingerprint density at radius 2 is 1.88 bits per heavy atom. The topological polar surface area (TPSA) is 94.9 Å². The van der Waals surface area contributed by atoms with Crippen LogP contribution in [0.15, 0.2) is 41.7 Å². The number of Topliss-reactive ketones (excluding diaryl/α,β-unsaturated/α-hetero) is 2. The molecule has 0 saturated heterocycles. The van der Waals surface area contributed by atoms with Gasteiger partial charge in [-0.1, -0.05) is 50.2 Å². The van der Waals surface area contributed by atoms with Crippen molar-refractivity contribution in [3.63, 3.8) is 0 Å². The molecule has 0 fully saturated rings. The molecule has 3 rings (SSSR count). The van der Waals surface area contributed by atoms with E-state index in [9.17, 15) is 18.8 Å². The number of oxime groups is 1. The molecule has 0 N–H and O–H groups in total. The predicted octanol–water partition coefficient (Wildman–Crippen LogP) is 4.60. The van der Waals surface area contributed by atoms with Crippen LogP contribution in [0.5, 0.6) is 0 Å². The lowest BCUT2D eigenvalue weighted by molar-refractivity contribution is -0.154. The Hall–Kier alpha value is -3.16. The molecule has 2 aromatic rings. The maximum atomic E-state index is 13.5. The van der Waals surface area contributed by atoms with Gasteiger partial charge in [0.25, 0.3) is 0 Å². The van der Waals surface area contributed by atoms with Gasteiger partial charge in [-0.15, -0.1) is 0 Å². The van der Waals surface area contributed by atoms with Crippen LogP contribution in [-0.2, 0) is 24.0 Å². The van der Waals surface area contributed by atoms with Gasteiger partial charge in [-0.25, -0.2) is 4.39 Å². The van der Waals surface area contributed by atoms with Crippen LogP contribution in [0.25, 0.3) is 10.8 Å². The fourth-order valence-corrected chi connectivity index (χ4v) is 4.07. The molecule has 1 unspecified atom stereocenters. The number of fused-ring (bicyclic) bond motifs is 1. The number of aromatic nitrogens is 1. The molecule has 182 valence electrons. The van der Waals surface area contributed by atoms with Gasteiger partial charge in [0.15, 0.2) is 11.6 Å². The molecule has 1 aliphatic rings. The zero-order valence-electron chi connectivity index (χ0n) is 20.0. The average Bonchev–Trinajstić information content (AvgIpc) is 3.29. The molecular formula is C26H31FN2O5. The number of pyridine rings is 1. The highest BCUT2D eigenvalue weighted by Crippen LogP contribution is 2.37. The second kappa shape index (κ2) is 10.8. The Balaban J connectivity index is 1.82. The van der Waals surface area contributed by atoms with E-state index in [2.05, 4.69) is 10.1 Å². The molecule has 1 aliphatic heterocycles. The Morgan fingerprint density at radius 1 is 1.15 bits per heavy atom. The van der Waals surface area contributed by atoms with Crippen LogP contribution in [-0.4, -0.2) is 46.6 Å². The van der Waals surface area contributed by atoms with E-state index in [1.54, 1.807) is 13.1 Å². The molecule has 0 spiro atoms. The van der Waals surface area contributed by atoms with Crippen molar-refractivity contribution in [3.05, 3.63) is 42.2 Å². The highest BCUT2D eigenvalue weighted by Gasteiger charge is 2.50. The molecule has 0 amide bonds. The van der Waals surface area contributed by atoms with Gasteiger partial charge >= 0.3 is 5.97 Å². The number of hydrogen-bond acceptors (Lipinski definition) is 7. The van der Waals surface area contributed by atoms with E-state index in [1.165, 1.54) is 0 Å². The lowest BCUT2D eigenvalue weighted by atomic mass is 9.77. The van der Waals surface area contributed by atoms with Crippen molar-refractivity contribution >= 4 is 34.0 Å². The summed E-state index contributed by atoms with van der Waals surface area (Å²) in [6.45, 7) is 5.99. The molecule has 0 bridgehead atoms. The zero-order chi connectivity index (χ0) is 24.9. The van der Waals surface area contributed by atoms with Crippen LogP contribution in [0.2, 0.25) is 0 Å². The number of halogens is 1. The van der Waals surface area contributed by atoms with E-state index in [0.29, 0.717) is 17.8 Å². The summed E-state index contributed by atoms with van der Waals surface area (Å²) in [7, 11) is 0. The summed E-state index contributed by atoms with van der Waals surface area (Å²) in [5, 5.41) is 6.09. The van der Waals surface area contributed by atoms with Gasteiger partial charge < -0.3 is 9.57 Å². The summed E-state index contributed by atoms with van der Waals surface area (Å²) < 4.78 is 18.5. The van der Waals surface area contributed by atoms with Gasteiger partial charge in [-0.2, -0.15) is 0 Å². The number of rotatable bonds is 11. The minimum atomic E-state index is -1.33. The van der Waals surface area contributed by atoms with Crippen molar-refractivity contribution in [1.29, 1.82) is 0 Å². The van der Waals surface area contributed by atoms with Crippen molar-refractivity contribution in [2.75, 3.05) is 6.67 Å². The van der Waals surface area contributed by atoms with Gasteiger partial charge in [-0.05, 0) is 24.8 Å². The lowest BCUT2D eigenvalue weighted by Gasteiger charge is -2.30. The number of carbonyl (C=O) groups excluding carboxylic acids is 3. The maximum absolute atomic E-state index is 13.5. The molecular weight excluding hydrogens is 439 g/mol. The van der Waals surface area contributed by atoms with Gasteiger partial charge in [0.1, 0.15) is 12.4 Å². The van der Waals surface area contributed by atoms with Gasteiger partial charge in [0, 0.05) is 36.3 Å². The highest BCUT2D eigenvalue weighted by molar-refractivity contribution is 6.12. The van der Waals surface area contributed by atoms with E-state index < -0.39 is 35.7 Å². The van der Waals surface area contributed by atoms with Crippen LogP contribution >= 0.6 is 0 Å². The third-order valence-corrected chi connectivity index (χ3v) is 6.44. The molecule has 1 aromatic heterocycles. The second-order valence-electron chi connectivity index (χ2n) is 9.07. The Bertz CT molecular complexity index is 1090. The number of carbonyl (C=O) groups is 3. The van der Waals surface area contributed by atoms with Crippen molar-refractivity contribution < 1.29 is 28.3 Å². The van der Waals surface area contributed by atoms with E-state index in [4.69, 9.17) is 9.57 Å². The highest BCUT2D eigenvalue weighted by atomic mass is 19.1. The molecule has 34 heavy (non-hydrogen) atoms. The number of benzene rings is 1. The van der Waals surface area contributed by atoms with Gasteiger partial charge in [-0.3, -0.25) is 19.4 Å². The van der Waals surface area contributed by atoms with E-state index in [-0.39, 0.29) is 31.3 Å². The monoisotopic (exact) mass is 470 g/mol. The summed E-state index contributed by atoms with van der Waals surface area (Å²) in [6.07, 6.45) is 1.44. The molecule has 2 heterocycles. The van der Waals surface area contributed by atoms with Crippen LogP contribution in [0.1, 0.15) is 59.1 Å². The fraction of sp³-hybridized carbons (Fsp3) is 0.500. The molecule has 0 aliphatic carbocycles. The summed E-state index contributed by atoms with van der Waals surface area (Å²) in [6, 6.07) is 9.60. The summed E-state index contributed by atoms with van der Waals surface area (Å²) >= 11 is 0. The van der Waals surface area contributed by atoms with Crippen molar-refractivity contribution in [2.24, 2.45) is 17.0 Å². The van der Waals surface area contributed by atoms with Gasteiger partial charge in [0.2, 0.25) is 5.60 Å². The molecule has 0 saturated carbocycles. The Labute approximate surface area is 198 Å².